The van der Waals surface area contributed by atoms with Crippen LogP contribution in [0.3, 0.4) is 0 Å². The monoisotopic (exact) mass is 216 g/mol. The summed E-state index contributed by atoms with van der Waals surface area (Å²) in [6.45, 7) is 11.8. The Labute approximate surface area is 101 Å². The van der Waals surface area contributed by atoms with Gasteiger partial charge in [0.05, 0.1) is 0 Å². The summed E-state index contributed by atoms with van der Waals surface area (Å²) in [4.78, 5) is 0. The molecule has 0 N–H and O–H groups in total. The van der Waals surface area contributed by atoms with Crippen molar-refractivity contribution in [1.82, 2.24) is 0 Å². The van der Waals surface area contributed by atoms with E-state index in [4.69, 9.17) is 0 Å². The zero-order valence-electron chi connectivity index (χ0n) is 8.88. The van der Waals surface area contributed by atoms with Crippen LogP contribution in [0.2, 0.25) is 0 Å². The molecule has 0 heterocycles. The molecule has 1 aromatic rings. The van der Waals surface area contributed by atoms with E-state index in [-0.39, 0.29) is 14.9 Å². The minimum Gasteiger partial charge on any atom is -0.0990 e. The van der Waals surface area contributed by atoms with Crippen molar-refractivity contribution in [3.05, 3.63) is 66.3 Å². The maximum atomic E-state index is 3.96. The molecule has 0 aromatic heterocycles. The van der Waals surface area contributed by atoms with Crippen molar-refractivity contribution in [2.24, 2.45) is 0 Å². The third-order valence-electron chi connectivity index (χ3n) is 2.11. The van der Waals surface area contributed by atoms with Crippen LogP contribution in [0.1, 0.15) is 32.9 Å². The van der Waals surface area contributed by atoms with E-state index in [1.165, 1.54) is 11.1 Å². The molecule has 0 amide bonds. The summed E-state index contributed by atoms with van der Waals surface area (Å²) in [5.41, 5.74) is 4.69. The SMILES string of the molecule is C.C.C=C/C=C(\C(=C)C)c1ccc(C)cc1. The molecule has 0 unspecified atom stereocenters. The fourth-order valence-corrected chi connectivity index (χ4v) is 1.34. The molecular weight excluding hydrogens is 192 g/mol. The van der Waals surface area contributed by atoms with Gasteiger partial charge < -0.3 is 0 Å². The minimum atomic E-state index is 0. The molecule has 0 atom stereocenters. The van der Waals surface area contributed by atoms with E-state index < -0.39 is 0 Å². The highest BCUT2D eigenvalue weighted by Gasteiger charge is 2.00. The molecule has 0 spiro atoms. The van der Waals surface area contributed by atoms with E-state index in [1.807, 2.05) is 13.0 Å². The van der Waals surface area contributed by atoms with Gasteiger partial charge in [0.25, 0.3) is 0 Å². The van der Waals surface area contributed by atoms with Gasteiger partial charge in [0.2, 0.25) is 0 Å². The van der Waals surface area contributed by atoms with Crippen molar-refractivity contribution in [1.29, 1.82) is 0 Å². The van der Waals surface area contributed by atoms with Crippen molar-refractivity contribution >= 4 is 5.57 Å². The van der Waals surface area contributed by atoms with E-state index in [0.29, 0.717) is 0 Å². The molecule has 0 fully saturated rings. The highest BCUT2D eigenvalue weighted by Crippen LogP contribution is 2.21. The van der Waals surface area contributed by atoms with E-state index in [9.17, 15) is 0 Å². The zero-order chi connectivity index (χ0) is 10.6. The Balaban J connectivity index is 0. The van der Waals surface area contributed by atoms with Crippen LogP contribution in [0.15, 0.2) is 55.1 Å². The first-order valence-electron chi connectivity index (χ1n) is 4.71. The second-order valence-corrected chi connectivity index (χ2v) is 3.46. The van der Waals surface area contributed by atoms with Crippen molar-refractivity contribution in [2.45, 2.75) is 28.7 Å². The van der Waals surface area contributed by atoms with Gasteiger partial charge in [-0.1, -0.05) is 75.6 Å². The lowest BCUT2D eigenvalue weighted by Crippen LogP contribution is -1.85. The van der Waals surface area contributed by atoms with Crippen molar-refractivity contribution in [2.75, 3.05) is 0 Å². The van der Waals surface area contributed by atoms with Crippen LogP contribution in [0.4, 0.5) is 0 Å². The fourth-order valence-electron chi connectivity index (χ4n) is 1.34. The Kier molecular flexibility index (Phi) is 8.11. The molecule has 0 aliphatic carbocycles. The largest absolute Gasteiger partial charge is 0.0990 e. The van der Waals surface area contributed by atoms with Gasteiger partial charge in [-0.25, -0.2) is 0 Å². The van der Waals surface area contributed by atoms with Gasteiger partial charge in [-0.15, -0.1) is 0 Å². The molecule has 0 saturated carbocycles. The Morgan fingerprint density at radius 2 is 1.62 bits per heavy atom. The molecule has 1 aromatic carbocycles. The Morgan fingerprint density at radius 3 is 2.00 bits per heavy atom. The van der Waals surface area contributed by atoms with Gasteiger partial charge >= 0.3 is 0 Å². The molecule has 0 bridgehead atoms. The Bertz CT molecular complexity index is 364. The van der Waals surface area contributed by atoms with E-state index in [2.05, 4.69) is 44.3 Å². The van der Waals surface area contributed by atoms with Gasteiger partial charge in [0.1, 0.15) is 0 Å². The lowest BCUT2D eigenvalue weighted by Gasteiger charge is -2.06. The predicted octanol–water partition coefficient (Wildman–Crippen LogP) is 5.41. The summed E-state index contributed by atoms with van der Waals surface area (Å²) in [6, 6.07) is 8.43. The average Bonchev–Trinajstić information content (AvgIpc) is 2.15. The lowest BCUT2D eigenvalue weighted by atomic mass is 9.99. The lowest BCUT2D eigenvalue weighted by molar-refractivity contribution is 1.44. The summed E-state index contributed by atoms with van der Waals surface area (Å²) in [7, 11) is 0. The summed E-state index contributed by atoms with van der Waals surface area (Å²) < 4.78 is 0. The Morgan fingerprint density at radius 1 is 1.12 bits per heavy atom. The molecule has 0 aliphatic heterocycles. The second kappa shape index (κ2) is 7.70. The van der Waals surface area contributed by atoms with Crippen LogP contribution in [-0.4, -0.2) is 0 Å². The normalized spacial score (nSPS) is 9.75. The highest BCUT2D eigenvalue weighted by atomic mass is 14.0. The Hall–Kier alpha value is -1.56. The molecule has 0 heteroatoms. The molecule has 0 radical (unpaired) electrons. The van der Waals surface area contributed by atoms with Gasteiger partial charge in [0, 0.05) is 0 Å². The van der Waals surface area contributed by atoms with Crippen LogP contribution in [0, 0.1) is 6.92 Å². The number of rotatable bonds is 3. The number of allylic oxidation sites excluding steroid dienone is 4. The molecule has 0 aliphatic rings. The molecular formula is C16H24. The first kappa shape index (κ1) is 16.9. The van der Waals surface area contributed by atoms with Crippen molar-refractivity contribution in [3.63, 3.8) is 0 Å². The van der Waals surface area contributed by atoms with Gasteiger partial charge in [0.15, 0.2) is 0 Å². The second-order valence-electron chi connectivity index (χ2n) is 3.46. The number of hydrogen-bond donors (Lipinski definition) is 0. The maximum absolute atomic E-state index is 3.96. The standard InChI is InChI=1S/C14H16.2CH4/c1-5-6-14(11(2)3)13-9-7-12(4)8-10-13;;/h5-10H,1-2H2,3-4H3;2*1H4/b14-6+;;. The summed E-state index contributed by atoms with van der Waals surface area (Å²) in [5, 5.41) is 0. The molecule has 88 valence electrons. The van der Waals surface area contributed by atoms with Gasteiger partial charge in [-0.2, -0.15) is 0 Å². The number of benzene rings is 1. The summed E-state index contributed by atoms with van der Waals surface area (Å²) in [6.07, 6.45) is 3.79. The third-order valence-corrected chi connectivity index (χ3v) is 2.11. The van der Waals surface area contributed by atoms with Gasteiger partial charge in [-0.3, -0.25) is 0 Å². The minimum absolute atomic E-state index is 0. The van der Waals surface area contributed by atoms with Crippen LogP contribution in [0.25, 0.3) is 5.57 Å². The molecule has 16 heavy (non-hydrogen) atoms. The third kappa shape index (κ3) is 4.31. The number of hydrogen-bond acceptors (Lipinski definition) is 0. The van der Waals surface area contributed by atoms with E-state index in [0.717, 1.165) is 11.1 Å². The predicted molar refractivity (Wildman–Crippen MR) is 77.6 cm³/mol. The topological polar surface area (TPSA) is 0 Å². The number of aryl methyl sites for hydroxylation is 1. The van der Waals surface area contributed by atoms with Crippen molar-refractivity contribution < 1.29 is 0 Å². The summed E-state index contributed by atoms with van der Waals surface area (Å²) >= 11 is 0. The molecule has 0 saturated heterocycles. The van der Waals surface area contributed by atoms with E-state index >= 15 is 0 Å². The van der Waals surface area contributed by atoms with E-state index in [1.54, 1.807) is 6.08 Å². The van der Waals surface area contributed by atoms with Crippen LogP contribution in [-0.2, 0) is 0 Å². The first-order valence-corrected chi connectivity index (χ1v) is 4.71. The quantitative estimate of drug-likeness (QED) is 0.592. The molecule has 1 rings (SSSR count). The zero-order valence-corrected chi connectivity index (χ0v) is 8.88. The maximum Gasteiger partial charge on any atom is -0.0161 e. The van der Waals surface area contributed by atoms with Crippen LogP contribution < -0.4 is 0 Å². The molecule has 0 nitrogen and oxygen atoms in total. The summed E-state index contributed by atoms with van der Waals surface area (Å²) in [5.74, 6) is 0. The first-order chi connectivity index (χ1) is 6.65. The van der Waals surface area contributed by atoms with Crippen LogP contribution in [0.5, 0.6) is 0 Å². The fraction of sp³-hybridized carbons (Fsp3) is 0.250. The van der Waals surface area contributed by atoms with Gasteiger partial charge in [-0.05, 0) is 25.0 Å². The average molecular weight is 216 g/mol. The highest BCUT2D eigenvalue weighted by molar-refractivity contribution is 5.78. The van der Waals surface area contributed by atoms with Crippen molar-refractivity contribution in [3.8, 4) is 0 Å². The smallest absolute Gasteiger partial charge is 0.0161 e. The van der Waals surface area contributed by atoms with Crippen LogP contribution >= 0.6 is 0 Å².